The molecule has 0 bridgehead atoms. The normalized spacial score (nSPS) is 11.3. The quantitative estimate of drug-likeness (QED) is 0.515. The van der Waals surface area contributed by atoms with Gasteiger partial charge in [0.2, 0.25) is 0 Å². The zero-order valence-corrected chi connectivity index (χ0v) is 16.4. The van der Waals surface area contributed by atoms with Crippen LogP contribution in [-0.2, 0) is 7.05 Å². The Hall–Kier alpha value is -3.49. The average Bonchev–Trinajstić information content (AvgIpc) is 3.07. The summed E-state index contributed by atoms with van der Waals surface area (Å²) in [6, 6.07) is 14.3. The van der Waals surface area contributed by atoms with Crippen LogP contribution in [0, 0.1) is 17.7 Å². The fraction of sp³-hybridized carbons (Fsp3) is 0.167. The van der Waals surface area contributed by atoms with E-state index in [1.54, 1.807) is 38.5 Å². The molecule has 5 heteroatoms. The minimum Gasteiger partial charge on any atom is -0.378 e. The number of aryl methyl sites for hydroxylation is 1. The number of imidazole rings is 1. The second kappa shape index (κ2) is 7.16. The Bertz CT molecular complexity index is 1260. The van der Waals surface area contributed by atoms with Gasteiger partial charge in [0.05, 0.1) is 23.2 Å². The highest BCUT2D eigenvalue weighted by Gasteiger charge is 2.14. The third-order valence-electron chi connectivity index (χ3n) is 4.52. The molecular formula is C24H20FN3O. The molecule has 0 atom stereocenters. The first-order valence-corrected chi connectivity index (χ1v) is 9.23. The molecule has 4 rings (SSSR count). The molecule has 4 aromatic rings. The maximum atomic E-state index is 13.3. The largest absolute Gasteiger partial charge is 0.378 e. The molecule has 2 aromatic carbocycles. The van der Waals surface area contributed by atoms with Gasteiger partial charge in [-0.25, -0.2) is 9.37 Å². The number of pyridine rings is 1. The van der Waals surface area contributed by atoms with Gasteiger partial charge in [0.1, 0.15) is 11.4 Å². The highest BCUT2D eigenvalue weighted by Crippen LogP contribution is 2.32. The van der Waals surface area contributed by atoms with Crippen LogP contribution in [0.5, 0.6) is 0 Å². The van der Waals surface area contributed by atoms with Gasteiger partial charge < -0.3 is 9.67 Å². The molecule has 29 heavy (non-hydrogen) atoms. The van der Waals surface area contributed by atoms with Gasteiger partial charge in [-0.3, -0.25) is 4.98 Å². The smallest absolute Gasteiger partial charge is 0.123 e. The van der Waals surface area contributed by atoms with E-state index in [4.69, 9.17) is 0 Å². The van der Waals surface area contributed by atoms with E-state index in [2.05, 4.69) is 21.8 Å². The van der Waals surface area contributed by atoms with Crippen molar-refractivity contribution in [2.75, 3.05) is 0 Å². The number of aliphatic hydroxyl groups is 1. The van der Waals surface area contributed by atoms with Gasteiger partial charge in [-0.05, 0) is 56.3 Å². The summed E-state index contributed by atoms with van der Waals surface area (Å²) in [5, 5.41) is 10.8. The van der Waals surface area contributed by atoms with Gasteiger partial charge in [0.15, 0.2) is 0 Å². The first-order valence-electron chi connectivity index (χ1n) is 9.23. The molecular weight excluding hydrogens is 365 g/mol. The second-order valence-corrected chi connectivity index (χ2v) is 7.50. The van der Waals surface area contributed by atoms with Crippen LogP contribution in [0.2, 0.25) is 0 Å². The van der Waals surface area contributed by atoms with Crippen molar-refractivity contribution in [1.82, 2.24) is 14.5 Å². The number of fused-ring (bicyclic) bond motifs is 1. The highest BCUT2D eigenvalue weighted by molar-refractivity contribution is 5.88. The lowest BCUT2D eigenvalue weighted by molar-refractivity contribution is 0.143. The van der Waals surface area contributed by atoms with Crippen molar-refractivity contribution in [3.63, 3.8) is 0 Å². The van der Waals surface area contributed by atoms with E-state index in [-0.39, 0.29) is 5.82 Å². The zero-order valence-electron chi connectivity index (χ0n) is 16.4. The molecule has 2 heterocycles. The van der Waals surface area contributed by atoms with Crippen LogP contribution >= 0.6 is 0 Å². The minimum atomic E-state index is -1.06. The number of benzene rings is 2. The molecule has 144 valence electrons. The molecule has 0 radical (unpaired) electrons. The summed E-state index contributed by atoms with van der Waals surface area (Å²) in [5.41, 5.74) is 4.09. The van der Waals surface area contributed by atoms with Gasteiger partial charge in [-0.15, -0.1) is 0 Å². The number of halogens is 1. The Morgan fingerprint density at radius 3 is 2.45 bits per heavy atom. The number of aromatic nitrogens is 3. The minimum absolute atomic E-state index is 0.275. The maximum absolute atomic E-state index is 13.3. The molecule has 0 spiro atoms. The molecule has 0 saturated carbocycles. The Morgan fingerprint density at radius 2 is 1.72 bits per heavy atom. The van der Waals surface area contributed by atoms with Crippen LogP contribution in [0.1, 0.15) is 19.4 Å². The summed E-state index contributed by atoms with van der Waals surface area (Å²) >= 11 is 0. The third kappa shape index (κ3) is 4.03. The lowest BCUT2D eigenvalue weighted by Crippen LogP contribution is -2.14. The lowest BCUT2D eigenvalue weighted by Gasteiger charge is -2.09. The number of hydrogen-bond donors (Lipinski definition) is 1. The third-order valence-corrected chi connectivity index (χ3v) is 4.52. The maximum Gasteiger partial charge on any atom is 0.123 e. The fourth-order valence-electron chi connectivity index (χ4n) is 3.16. The summed E-state index contributed by atoms with van der Waals surface area (Å²) in [5.74, 6) is 5.50. The molecule has 2 aromatic heterocycles. The summed E-state index contributed by atoms with van der Waals surface area (Å²) < 4.78 is 15.3. The number of nitrogens with zero attached hydrogens (tertiary/aromatic N) is 3. The fourth-order valence-corrected chi connectivity index (χ4v) is 3.16. The zero-order chi connectivity index (χ0) is 20.6. The second-order valence-electron chi connectivity index (χ2n) is 7.50. The van der Waals surface area contributed by atoms with Crippen molar-refractivity contribution in [2.45, 2.75) is 19.4 Å². The molecule has 1 N–H and O–H groups in total. The summed E-state index contributed by atoms with van der Waals surface area (Å²) in [6.45, 7) is 3.29. The van der Waals surface area contributed by atoms with Crippen LogP contribution in [-0.4, -0.2) is 25.2 Å². The number of rotatable bonds is 2. The van der Waals surface area contributed by atoms with E-state index in [0.717, 1.165) is 39.0 Å². The standard InChI is InChI=1S/C24H20FN3O/c1-24(2,29)11-10-16-12-19-13-18(6-9-21(19)26-14-16)23-22(27-15-28(23)3)17-4-7-20(25)8-5-17/h4-9,12-15,29H,1-3H3. The van der Waals surface area contributed by atoms with Crippen LogP contribution < -0.4 is 0 Å². The van der Waals surface area contributed by atoms with Gasteiger partial charge in [0.25, 0.3) is 0 Å². The molecule has 0 amide bonds. The van der Waals surface area contributed by atoms with E-state index < -0.39 is 5.60 Å². The van der Waals surface area contributed by atoms with E-state index in [0.29, 0.717) is 0 Å². The predicted octanol–water partition coefficient (Wildman–Crippen LogP) is 4.56. The predicted molar refractivity (Wildman–Crippen MR) is 113 cm³/mol. The Labute approximate surface area is 168 Å². The van der Waals surface area contributed by atoms with Crippen molar-refractivity contribution >= 4 is 10.9 Å². The van der Waals surface area contributed by atoms with Crippen molar-refractivity contribution in [3.8, 4) is 34.4 Å². The van der Waals surface area contributed by atoms with Crippen LogP contribution in [0.15, 0.2) is 61.1 Å². The Morgan fingerprint density at radius 1 is 1.00 bits per heavy atom. The molecule has 0 unspecified atom stereocenters. The van der Waals surface area contributed by atoms with E-state index in [9.17, 15) is 9.50 Å². The van der Waals surface area contributed by atoms with Gasteiger partial charge in [0, 0.05) is 35.3 Å². The van der Waals surface area contributed by atoms with E-state index in [1.807, 2.05) is 35.9 Å². The summed E-state index contributed by atoms with van der Waals surface area (Å²) in [6.07, 6.45) is 3.45. The van der Waals surface area contributed by atoms with Crippen LogP contribution in [0.3, 0.4) is 0 Å². The van der Waals surface area contributed by atoms with Gasteiger partial charge in [-0.1, -0.05) is 17.9 Å². The first-order chi connectivity index (χ1) is 13.8. The SMILES string of the molecule is Cn1cnc(-c2ccc(F)cc2)c1-c1ccc2ncc(C#CC(C)(C)O)cc2c1. The molecule has 4 nitrogen and oxygen atoms in total. The lowest BCUT2D eigenvalue weighted by atomic mass is 10.0. The topological polar surface area (TPSA) is 50.9 Å². The van der Waals surface area contributed by atoms with Gasteiger partial charge in [-0.2, -0.15) is 0 Å². The van der Waals surface area contributed by atoms with Crippen molar-refractivity contribution in [1.29, 1.82) is 0 Å². The van der Waals surface area contributed by atoms with Crippen LogP contribution in [0.25, 0.3) is 33.4 Å². The van der Waals surface area contributed by atoms with Crippen molar-refractivity contribution in [2.24, 2.45) is 7.05 Å². The first kappa shape index (κ1) is 18.9. The van der Waals surface area contributed by atoms with Crippen molar-refractivity contribution < 1.29 is 9.50 Å². The average molecular weight is 385 g/mol. The van der Waals surface area contributed by atoms with E-state index >= 15 is 0 Å². The van der Waals surface area contributed by atoms with E-state index in [1.165, 1.54) is 12.1 Å². The molecule has 0 fully saturated rings. The molecule has 0 aliphatic heterocycles. The highest BCUT2D eigenvalue weighted by atomic mass is 19.1. The summed E-state index contributed by atoms with van der Waals surface area (Å²) in [7, 11) is 1.93. The Kier molecular flexibility index (Phi) is 4.65. The molecule has 0 saturated heterocycles. The van der Waals surface area contributed by atoms with Crippen LogP contribution in [0.4, 0.5) is 4.39 Å². The molecule has 0 aliphatic carbocycles. The number of hydrogen-bond acceptors (Lipinski definition) is 3. The van der Waals surface area contributed by atoms with Gasteiger partial charge >= 0.3 is 0 Å². The monoisotopic (exact) mass is 385 g/mol. The summed E-state index contributed by atoms with van der Waals surface area (Å²) in [4.78, 5) is 8.99. The molecule has 0 aliphatic rings. The van der Waals surface area contributed by atoms with Crippen molar-refractivity contribution in [3.05, 3.63) is 72.4 Å². The Balaban J connectivity index is 1.81.